The highest BCUT2D eigenvalue weighted by molar-refractivity contribution is 5.85. The number of rotatable bonds is 12. The minimum atomic E-state index is -5.08. The lowest BCUT2D eigenvalue weighted by atomic mass is 9.82. The van der Waals surface area contributed by atoms with E-state index in [1.54, 1.807) is 7.11 Å². The maximum atomic E-state index is 13.6. The molecule has 3 aromatic rings. The molecule has 0 radical (unpaired) electrons. The standard InChI is InChI=1S/C30H35F9N6O2.ClH/c1-4-44(15-19-5-7-20(8-6-19)18-46-3)26-10-9-25(47-30(37,38)39)13-22(26)17-45(27-40-42-43(2)41-27)16-21-11-23(28(31,32)33)14-24(12-21)29(34,35)36;/h9-14,19-20H,4-8,15-18H2,1-3H3;1H. The van der Waals surface area contributed by atoms with Gasteiger partial charge in [0.05, 0.1) is 18.2 Å². The Morgan fingerprint density at radius 3 is 1.94 bits per heavy atom. The Morgan fingerprint density at radius 1 is 0.833 bits per heavy atom. The molecule has 0 aliphatic heterocycles. The molecule has 1 aliphatic rings. The van der Waals surface area contributed by atoms with E-state index in [4.69, 9.17) is 4.74 Å². The minimum absolute atomic E-state index is 0. The first-order valence-electron chi connectivity index (χ1n) is 14.8. The fourth-order valence-electron chi connectivity index (χ4n) is 5.85. The predicted molar refractivity (Wildman–Crippen MR) is 161 cm³/mol. The second-order valence-electron chi connectivity index (χ2n) is 11.6. The van der Waals surface area contributed by atoms with Crippen molar-refractivity contribution < 1.29 is 49.0 Å². The summed E-state index contributed by atoms with van der Waals surface area (Å²) in [7, 11) is 3.06. The summed E-state index contributed by atoms with van der Waals surface area (Å²) < 4.78 is 131. The Balaban J connectivity index is 0.00000625. The molecule has 48 heavy (non-hydrogen) atoms. The SMILES string of the molecule is CCN(CC1CCC(COC)CC1)c1ccc(OC(F)(F)F)cc1CN(Cc1cc(C(F)(F)F)cc(C(F)(F)F)c1)c1nnn(C)n1.Cl. The summed E-state index contributed by atoms with van der Waals surface area (Å²) in [5, 5.41) is 11.7. The fourth-order valence-corrected chi connectivity index (χ4v) is 5.85. The summed E-state index contributed by atoms with van der Waals surface area (Å²) >= 11 is 0. The van der Waals surface area contributed by atoms with Crippen LogP contribution in [0.5, 0.6) is 5.75 Å². The third-order valence-corrected chi connectivity index (χ3v) is 8.02. The molecule has 0 bridgehead atoms. The van der Waals surface area contributed by atoms with Crippen LogP contribution in [0, 0.1) is 11.8 Å². The number of hydrogen-bond acceptors (Lipinski definition) is 7. The van der Waals surface area contributed by atoms with E-state index < -0.39 is 42.1 Å². The molecule has 0 N–H and O–H groups in total. The van der Waals surface area contributed by atoms with Crippen LogP contribution in [0.25, 0.3) is 0 Å². The zero-order valence-corrected chi connectivity index (χ0v) is 27.1. The Labute approximate surface area is 277 Å². The van der Waals surface area contributed by atoms with Crippen molar-refractivity contribution >= 4 is 24.0 Å². The molecule has 268 valence electrons. The molecular formula is C30H36ClF9N6O2. The van der Waals surface area contributed by atoms with Gasteiger partial charge in [0.25, 0.3) is 5.95 Å². The van der Waals surface area contributed by atoms with Crippen LogP contribution in [-0.4, -0.2) is 53.4 Å². The largest absolute Gasteiger partial charge is 0.573 e. The quantitative estimate of drug-likeness (QED) is 0.176. The molecule has 0 unspecified atom stereocenters. The van der Waals surface area contributed by atoms with Crippen molar-refractivity contribution in [3.05, 3.63) is 58.7 Å². The van der Waals surface area contributed by atoms with E-state index in [-0.39, 0.29) is 48.0 Å². The first-order valence-corrected chi connectivity index (χ1v) is 14.8. The van der Waals surface area contributed by atoms with E-state index in [1.807, 2.05) is 11.8 Å². The van der Waals surface area contributed by atoms with Gasteiger partial charge in [-0.15, -0.1) is 30.7 Å². The number of anilines is 2. The Kier molecular flexibility index (Phi) is 12.9. The molecule has 0 saturated heterocycles. The van der Waals surface area contributed by atoms with Gasteiger partial charge in [-0.2, -0.15) is 31.1 Å². The zero-order valence-electron chi connectivity index (χ0n) is 26.3. The van der Waals surface area contributed by atoms with Gasteiger partial charge in [-0.1, -0.05) is 5.10 Å². The van der Waals surface area contributed by atoms with Gasteiger partial charge in [0.15, 0.2) is 0 Å². The van der Waals surface area contributed by atoms with Gasteiger partial charge in [0.1, 0.15) is 5.75 Å². The van der Waals surface area contributed by atoms with Crippen LogP contribution in [0.4, 0.5) is 51.1 Å². The topological polar surface area (TPSA) is 68.5 Å². The molecule has 0 atom stereocenters. The number of nitrogens with zero attached hydrogens (tertiary/aromatic N) is 6. The van der Waals surface area contributed by atoms with Gasteiger partial charge >= 0.3 is 18.7 Å². The van der Waals surface area contributed by atoms with E-state index in [9.17, 15) is 39.5 Å². The first kappa shape index (κ1) is 39.0. The Bertz CT molecular complexity index is 1440. The van der Waals surface area contributed by atoms with Gasteiger partial charge in [-0.25, -0.2) is 0 Å². The highest BCUT2D eigenvalue weighted by atomic mass is 35.5. The summed E-state index contributed by atoms with van der Waals surface area (Å²) in [4.78, 5) is 4.28. The second kappa shape index (κ2) is 15.8. The van der Waals surface area contributed by atoms with E-state index in [2.05, 4.69) is 20.1 Å². The summed E-state index contributed by atoms with van der Waals surface area (Å²) in [6.45, 7) is 2.73. The maximum Gasteiger partial charge on any atom is 0.573 e. The monoisotopic (exact) mass is 718 g/mol. The maximum absolute atomic E-state index is 13.6. The van der Waals surface area contributed by atoms with Crippen LogP contribution in [-0.2, 0) is 37.2 Å². The second-order valence-corrected chi connectivity index (χ2v) is 11.6. The van der Waals surface area contributed by atoms with Gasteiger partial charge < -0.3 is 19.3 Å². The molecule has 0 amide bonds. The lowest BCUT2D eigenvalue weighted by Crippen LogP contribution is -2.33. The van der Waals surface area contributed by atoms with Gasteiger partial charge in [0.2, 0.25) is 0 Å². The number of aromatic nitrogens is 4. The average Bonchev–Trinajstić information content (AvgIpc) is 3.41. The molecule has 1 aromatic heterocycles. The van der Waals surface area contributed by atoms with E-state index >= 15 is 0 Å². The van der Waals surface area contributed by atoms with Crippen LogP contribution in [0.3, 0.4) is 0 Å². The van der Waals surface area contributed by atoms with Gasteiger partial charge in [0, 0.05) is 45.6 Å². The zero-order chi connectivity index (χ0) is 34.6. The highest BCUT2D eigenvalue weighted by Crippen LogP contribution is 2.38. The van der Waals surface area contributed by atoms with Crippen molar-refractivity contribution in [1.82, 2.24) is 20.2 Å². The van der Waals surface area contributed by atoms with Gasteiger partial charge in [-0.05, 0) is 97.2 Å². The van der Waals surface area contributed by atoms with Crippen LogP contribution < -0.4 is 14.5 Å². The number of hydrogen-bond donors (Lipinski definition) is 0. The molecule has 18 heteroatoms. The predicted octanol–water partition coefficient (Wildman–Crippen LogP) is 8.05. The smallest absolute Gasteiger partial charge is 0.406 e. The lowest BCUT2D eigenvalue weighted by Gasteiger charge is -2.35. The highest BCUT2D eigenvalue weighted by Gasteiger charge is 2.37. The number of alkyl halides is 9. The van der Waals surface area contributed by atoms with Crippen molar-refractivity contribution in [3.63, 3.8) is 0 Å². The van der Waals surface area contributed by atoms with Gasteiger partial charge in [-0.3, -0.25) is 0 Å². The third-order valence-electron chi connectivity index (χ3n) is 8.02. The first-order chi connectivity index (χ1) is 21.9. The Hall–Kier alpha value is -3.47. The summed E-state index contributed by atoms with van der Waals surface area (Å²) in [6.07, 6.45) is -11.4. The van der Waals surface area contributed by atoms with Crippen LogP contribution in [0.2, 0.25) is 0 Å². The number of aryl methyl sites for hydroxylation is 1. The number of tetrazole rings is 1. The van der Waals surface area contributed by atoms with Crippen molar-refractivity contribution in [1.29, 1.82) is 0 Å². The molecule has 1 saturated carbocycles. The van der Waals surface area contributed by atoms with Crippen molar-refractivity contribution in [3.8, 4) is 5.75 Å². The Morgan fingerprint density at radius 2 is 1.44 bits per heavy atom. The lowest BCUT2D eigenvalue weighted by molar-refractivity contribution is -0.274. The number of halogens is 10. The van der Waals surface area contributed by atoms with Crippen molar-refractivity contribution in [2.45, 2.75) is 64.4 Å². The molecule has 0 spiro atoms. The van der Waals surface area contributed by atoms with Crippen LogP contribution >= 0.6 is 12.4 Å². The molecule has 2 aromatic carbocycles. The third kappa shape index (κ3) is 10.8. The number of benzene rings is 2. The molecule has 4 rings (SSSR count). The van der Waals surface area contributed by atoms with Crippen LogP contribution in [0.1, 0.15) is 54.9 Å². The average molecular weight is 719 g/mol. The molecule has 1 aliphatic carbocycles. The van der Waals surface area contributed by atoms with E-state index in [1.165, 1.54) is 18.0 Å². The summed E-state index contributed by atoms with van der Waals surface area (Å²) in [6, 6.07) is 4.97. The molecule has 1 fully saturated rings. The summed E-state index contributed by atoms with van der Waals surface area (Å²) in [5.74, 6) is 0.0250. The van der Waals surface area contributed by atoms with E-state index in [0.717, 1.165) is 42.6 Å². The van der Waals surface area contributed by atoms with Crippen LogP contribution in [0.15, 0.2) is 36.4 Å². The van der Waals surface area contributed by atoms with Crippen molar-refractivity contribution in [2.24, 2.45) is 18.9 Å². The summed E-state index contributed by atoms with van der Waals surface area (Å²) in [5.41, 5.74) is -2.60. The number of ether oxygens (including phenoxy) is 2. The number of methoxy groups -OCH3 is 1. The van der Waals surface area contributed by atoms with E-state index in [0.29, 0.717) is 43.4 Å². The minimum Gasteiger partial charge on any atom is -0.406 e. The fraction of sp³-hybridized carbons (Fsp3) is 0.567. The molecule has 8 nitrogen and oxygen atoms in total. The molecular weight excluding hydrogens is 683 g/mol. The normalized spacial score (nSPS) is 17.2. The van der Waals surface area contributed by atoms with Crippen molar-refractivity contribution in [2.75, 3.05) is 36.6 Å². The molecule has 1 heterocycles.